The average molecular weight is 508 g/mol. The van der Waals surface area contributed by atoms with Crippen molar-refractivity contribution in [2.45, 2.75) is 31.7 Å². The van der Waals surface area contributed by atoms with Crippen molar-refractivity contribution in [3.05, 3.63) is 53.1 Å². The molecule has 1 atom stereocenters. The van der Waals surface area contributed by atoms with Crippen molar-refractivity contribution in [1.82, 2.24) is 0 Å². The van der Waals surface area contributed by atoms with E-state index >= 15 is 0 Å². The zero-order valence-corrected chi connectivity index (χ0v) is 21.5. The van der Waals surface area contributed by atoms with Gasteiger partial charge in [0.05, 0.1) is 44.6 Å². The van der Waals surface area contributed by atoms with Gasteiger partial charge in [-0.25, -0.2) is 0 Å². The number of anilines is 1. The molecule has 8 nitrogen and oxygen atoms in total. The first-order valence-electron chi connectivity index (χ1n) is 11.0. The lowest BCUT2D eigenvalue weighted by atomic mass is 9.99. The SMILES string of the molecule is CCOP(=O)(Cc1ccc(NC(=O)[C@@H]2Cc3cc(OC)c(OC)cc3C(=O)CS2)cc1)OCC. The number of hydrogen-bond acceptors (Lipinski definition) is 8. The summed E-state index contributed by atoms with van der Waals surface area (Å²) in [6.45, 7) is 4.15. The highest BCUT2D eigenvalue weighted by Crippen LogP contribution is 2.51. The van der Waals surface area contributed by atoms with Gasteiger partial charge in [-0.15, -0.1) is 11.8 Å². The summed E-state index contributed by atoms with van der Waals surface area (Å²) in [5, 5.41) is 2.47. The van der Waals surface area contributed by atoms with Crippen LogP contribution in [0.15, 0.2) is 36.4 Å². The van der Waals surface area contributed by atoms with Gasteiger partial charge in [0.1, 0.15) is 0 Å². The first-order chi connectivity index (χ1) is 16.3. The summed E-state index contributed by atoms with van der Waals surface area (Å²) in [5.74, 6) is 0.966. The van der Waals surface area contributed by atoms with Crippen LogP contribution in [0.5, 0.6) is 11.5 Å². The Bertz CT molecular complexity index is 1060. The van der Waals surface area contributed by atoms with E-state index in [0.717, 1.165) is 11.1 Å². The van der Waals surface area contributed by atoms with Crippen LogP contribution >= 0.6 is 19.4 Å². The molecular weight excluding hydrogens is 477 g/mol. The molecule has 0 saturated heterocycles. The zero-order chi connectivity index (χ0) is 24.7. The Hall–Kier alpha value is -2.32. The monoisotopic (exact) mass is 507 g/mol. The summed E-state index contributed by atoms with van der Waals surface area (Å²) < 4.78 is 34.1. The molecule has 34 heavy (non-hydrogen) atoms. The number of thioether (sulfide) groups is 1. The molecule has 1 aliphatic heterocycles. The van der Waals surface area contributed by atoms with Crippen molar-refractivity contribution < 1.29 is 32.7 Å². The maximum Gasteiger partial charge on any atom is 0.335 e. The Morgan fingerprint density at radius 2 is 1.68 bits per heavy atom. The highest BCUT2D eigenvalue weighted by Gasteiger charge is 2.29. The van der Waals surface area contributed by atoms with E-state index in [1.165, 1.54) is 26.0 Å². The number of amides is 1. The third-order valence-electron chi connectivity index (χ3n) is 5.27. The number of hydrogen-bond donors (Lipinski definition) is 1. The predicted octanol–water partition coefficient (Wildman–Crippen LogP) is 4.95. The largest absolute Gasteiger partial charge is 0.493 e. The number of fused-ring (bicyclic) bond motifs is 1. The van der Waals surface area contributed by atoms with Crippen LogP contribution in [0, 0.1) is 0 Å². The lowest BCUT2D eigenvalue weighted by molar-refractivity contribution is -0.115. The molecule has 3 rings (SSSR count). The molecule has 2 aromatic rings. The van der Waals surface area contributed by atoms with E-state index in [4.69, 9.17) is 18.5 Å². The van der Waals surface area contributed by atoms with Gasteiger partial charge in [0.15, 0.2) is 17.3 Å². The maximum absolute atomic E-state index is 13.0. The van der Waals surface area contributed by atoms with Gasteiger partial charge < -0.3 is 23.8 Å². The van der Waals surface area contributed by atoms with Crippen molar-refractivity contribution in [1.29, 1.82) is 0 Å². The molecule has 0 unspecified atom stereocenters. The van der Waals surface area contributed by atoms with Gasteiger partial charge in [0.25, 0.3) is 0 Å². The van der Waals surface area contributed by atoms with E-state index in [1.807, 2.05) is 0 Å². The van der Waals surface area contributed by atoms with E-state index in [1.54, 1.807) is 50.2 Å². The highest BCUT2D eigenvalue weighted by molar-refractivity contribution is 8.01. The van der Waals surface area contributed by atoms with Crippen LogP contribution in [-0.2, 0) is 31.0 Å². The Morgan fingerprint density at radius 1 is 1.06 bits per heavy atom. The van der Waals surface area contributed by atoms with Gasteiger partial charge in [-0.05, 0) is 55.7 Å². The van der Waals surface area contributed by atoms with Crippen molar-refractivity contribution in [3.63, 3.8) is 0 Å². The van der Waals surface area contributed by atoms with E-state index in [0.29, 0.717) is 42.4 Å². The van der Waals surface area contributed by atoms with Gasteiger partial charge in [-0.3, -0.25) is 14.2 Å². The number of rotatable bonds is 10. The molecule has 184 valence electrons. The fourth-order valence-corrected chi connectivity index (χ4v) is 6.41. The quantitative estimate of drug-likeness (QED) is 0.451. The molecule has 0 radical (unpaired) electrons. The summed E-state index contributed by atoms with van der Waals surface area (Å²) in [7, 11) is -0.146. The molecule has 0 spiro atoms. The fraction of sp³-hybridized carbons (Fsp3) is 0.417. The second kappa shape index (κ2) is 11.9. The summed E-state index contributed by atoms with van der Waals surface area (Å²) in [5.41, 5.74) is 2.70. The number of nitrogens with one attached hydrogen (secondary N) is 1. The van der Waals surface area contributed by atoms with Gasteiger partial charge in [0.2, 0.25) is 5.91 Å². The maximum atomic E-state index is 13.0. The first-order valence-corrected chi connectivity index (χ1v) is 13.8. The predicted molar refractivity (Wildman–Crippen MR) is 133 cm³/mol. The number of carbonyl (C=O) groups is 2. The Labute approximate surface area is 204 Å². The van der Waals surface area contributed by atoms with Crippen LogP contribution < -0.4 is 14.8 Å². The molecule has 0 aliphatic carbocycles. The molecule has 10 heteroatoms. The summed E-state index contributed by atoms with van der Waals surface area (Å²) in [4.78, 5) is 25.7. The second-order valence-corrected chi connectivity index (χ2v) is 10.8. The summed E-state index contributed by atoms with van der Waals surface area (Å²) >= 11 is 1.31. The number of ketones is 1. The smallest absolute Gasteiger partial charge is 0.335 e. The normalized spacial score (nSPS) is 15.9. The van der Waals surface area contributed by atoms with Crippen LogP contribution in [0.2, 0.25) is 0 Å². The summed E-state index contributed by atoms with van der Waals surface area (Å²) in [6, 6.07) is 10.5. The van der Waals surface area contributed by atoms with Crippen LogP contribution in [0.25, 0.3) is 0 Å². The van der Waals surface area contributed by atoms with Crippen molar-refractivity contribution in [3.8, 4) is 11.5 Å². The highest BCUT2D eigenvalue weighted by atomic mass is 32.2. The Kier molecular flexibility index (Phi) is 9.19. The van der Waals surface area contributed by atoms with Crippen LogP contribution in [-0.4, -0.2) is 50.1 Å². The number of methoxy groups -OCH3 is 2. The van der Waals surface area contributed by atoms with Gasteiger partial charge in [-0.1, -0.05) is 12.1 Å². The Morgan fingerprint density at radius 3 is 2.26 bits per heavy atom. The van der Waals surface area contributed by atoms with Crippen molar-refractivity contribution in [2.75, 3.05) is 38.5 Å². The average Bonchev–Trinajstić information content (AvgIpc) is 2.98. The standard InChI is InChI=1S/C24H30NO7PS/c1-5-31-33(28,32-6-2)14-16-7-9-18(10-8-16)25-24(27)23-12-17-11-21(29-3)22(30-4)13-19(17)20(26)15-34-23/h7-11,13,23H,5-6,12,14-15H2,1-4H3,(H,25,27)/t23-/m0/s1. The van der Waals surface area contributed by atoms with Crippen LogP contribution in [0.3, 0.4) is 0 Å². The minimum Gasteiger partial charge on any atom is -0.493 e. The zero-order valence-electron chi connectivity index (χ0n) is 19.8. The number of ether oxygens (including phenoxy) is 2. The third kappa shape index (κ3) is 6.42. The third-order valence-corrected chi connectivity index (χ3v) is 8.54. The number of benzene rings is 2. The molecular formula is C24H30NO7PS. The number of carbonyl (C=O) groups excluding carboxylic acids is 2. The first kappa shape index (κ1) is 26.3. The molecule has 1 amide bonds. The van der Waals surface area contributed by atoms with E-state index in [9.17, 15) is 14.2 Å². The molecule has 0 bridgehead atoms. The molecule has 1 aliphatic rings. The minimum atomic E-state index is -3.20. The van der Waals surface area contributed by atoms with Crippen LogP contribution in [0.4, 0.5) is 5.69 Å². The molecule has 0 fully saturated rings. The fourth-order valence-electron chi connectivity index (χ4n) is 3.69. The summed E-state index contributed by atoms with van der Waals surface area (Å²) in [6.07, 6.45) is 0.549. The molecule has 0 aromatic heterocycles. The van der Waals surface area contributed by atoms with E-state index in [2.05, 4.69) is 5.32 Å². The lowest BCUT2D eigenvalue weighted by Gasteiger charge is -2.18. The molecule has 1 N–H and O–H groups in total. The van der Waals surface area contributed by atoms with Crippen LogP contribution in [0.1, 0.15) is 35.3 Å². The van der Waals surface area contributed by atoms with Gasteiger partial charge in [-0.2, -0.15) is 0 Å². The molecule has 1 heterocycles. The second-order valence-electron chi connectivity index (χ2n) is 7.58. The number of Topliss-reactive ketones (excluding diaryl/α,β-unsaturated/α-hetero) is 1. The van der Waals surface area contributed by atoms with Gasteiger partial charge >= 0.3 is 7.60 Å². The Balaban J connectivity index is 1.71. The topological polar surface area (TPSA) is 100 Å². The van der Waals surface area contributed by atoms with E-state index < -0.39 is 12.8 Å². The van der Waals surface area contributed by atoms with Crippen molar-refractivity contribution in [2.24, 2.45) is 0 Å². The molecule has 2 aromatic carbocycles. The van der Waals surface area contributed by atoms with Gasteiger partial charge in [0, 0.05) is 11.3 Å². The molecule has 0 saturated carbocycles. The van der Waals surface area contributed by atoms with Crippen molar-refractivity contribution >= 4 is 36.7 Å². The minimum absolute atomic E-state index is 0.0476. The van der Waals surface area contributed by atoms with E-state index in [-0.39, 0.29) is 23.6 Å². The lowest BCUT2D eigenvalue weighted by Crippen LogP contribution is -2.27.